The van der Waals surface area contributed by atoms with Crippen LogP contribution in [0.2, 0.25) is 0 Å². The third-order valence-corrected chi connectivity index (χ3v) is 5.18. The Bertz CT molecular complexity index is 906. The number of likely N-dealkylation sites (tertiary alicyclic amines) is 1. The molecule has 138 valence electrons. The van der Waals surface area contributed by atoms with Crippen molar-refractivity contribution in [3.8, 4) is 5.75 Å². The Labute approximate surface area is 157 Å². The lowest BCUT2D eigenvalue weighted by Crippen LogP contribution is -2.44. The maximum absolute atomic E-state index is 12.8. The summed E-state index contributed by atoms with van der Waals surface area (Å²) < 4.78 is 6.30. The van der Waals surface area contributed by atoms with Crippen molar-refractivity contribution in [1.29, 1.82) is 0 Å². The van der Waals surface area contributed by atoms with Gasteiger partial charge in [0.05, 0.1) is 12.0 Å². The van der Waals surface area contributed by atoms with Crippen LogP contribution in [0.25, 0.3) is 6.08 Å². The number of carboxylic acids is 1. The zero-order chi connectivity index (χ0) is 18.9. The number of carbonyl (C=O) groups excluding carboxylic acids is 1. The Morgan fingerprint density at radius 3 is 2.81 bits per heavy atom. The van der Waals surface area contributed by atoms with E-state index in [2.05, 4.69) is 17.0 Å². The molecule has 0 aromatic heterocycles. The molecule has 1 atom stereocenters. The van der Waals surface area contributed by atoms with E-state index in [1.807, 2.05) is 18.2 Å². The highest BCUT2D eigenvalue weighted by molar-refractivity contribution is 6.01. The molecule has 2 aromatic rings. The number of hydrogen-bond acceptors (Lipinski definition) is 4. The topological polar surface area (TPSA) is 66.8 Å². The van der Waals surface area contributed by atoms with E-state index in [0.717, 1.165) is 32.1 Å². The number of fused-ring (bicyclic) bond motifs is 1. The number of nitrogens with zero attached hydrogens (tertiary/aromatic N) is 1. The summed E-state index contributed by atoms with van der Waals surface area (Å²) in [5.74, 6) is -0.359. The van der Waals surface area contributed by atoms with Crippen LogP contribution in [0.4, 0.5) is 0 Å². The van der Waals surface area contributed by atoms with Crippen LogP contribution in [0.3, 0.4) is 0 Å². The Morgan fingerprint density at radius 1 is 1.22 bits per heavy atom. The number of ether oxygens (including phenoxy) is 1. The summed E-state index contributed by atoms with van der Waals surface area (Å²) in [6, 6.07) is 15.6. The first-order valence-electron chi connectivity index (χ1n) is 9.07. The van der Waals surface area contributed by atoms with Crippen molar-refractivity contribution in [3.63, 3.8) is 0 Å². The molecule has 0 aliphatic carbocycles. The molecule has 5 nitrogen and oxygen atoms in total. The quantitative estimate of drug-likeness (QED) is 0.844. The van der Waals surface area contributed by atoms with Gasteiger partial charge in [0.1, 0.15) is 11.4 Å². The minimum atomic E-state index is -1.02. The van der Waals surface area contributed by atoms with Gasteiger partial charge in [-0.3, -0.25) is 9.69 Å². The van der Waals surface area contributed by atoms with E-state index in [1.165, 1.54) is 11.6 Å². The number of benzene rings is 2. The van der Waals surface area contributed by atoms with Gasteiger partial charge in [-0.05, 0) is 29.3 Å². The normalized spacial score (nSPS) is 22.1. The molecule has 27 heavy (non-hydrogen) atoms. The van der Waals surface area contributed by atoms with Gasteiger partial charge in [-0.25, -0.2) is 4.79 Å². The number of carbonyl (C=O) groups is 2. The summed E-state index contributed by atoms with van der Waals surface area (Å²) in [5.41, 5.74) is 2.01. The second-order valence-electron chi connectivity index (χ2n) is 7.26. The molecule has 1 spiro atoms. The van der Waals surface area contributed by atoms with Crippen molar-refractivity contribution in [2.24, 2.45) is 0 Å². The largest absolute Gasteiger partial charge is 0.485 e. The van der Waals surface area contributed by atoms with E-state index in [9.17, 15) is 9.59 Å². The Morgan fingerprint density at radius 2 is 2.04 bits per heavy atom. The van der Waals surface area contributed by atoms with Crippen LogP contribution in [-0.2, 0) is 11.3 Å². The van der Waals surface area contributed by atoms with Crippen LogP contribution in [0.5, 0.6) is 5.75 Å². The highest BCUT2D eigenvalue weighted by Gasteiger charge is 2.45. The molecule has 0 bridgehead atoms. The van der Waals surface area contributed by atoms with Crippen LogP contribution in [0, 0.1) is 0 Å². The molecule has 2 aliphatic rings. The molecule has 1 unspecified atom stereocenters. The maximum Gasteiger partial charge on any atom is 0.328 e. The summed E-state index contributed by atoms with van der Waals surface area (Å²) in [6.07, 6.45) is 3.73. The highest BCUT2D eigenvalue weighted by Crippen LogP contribution is 2.39. The first-order valence-corrected chi connectivity index (χ1v) is 9.07. The van der Waals surface area contributed by atoms with E-state index in [-0.39, 0.29) is 5.78 Å². The van der Waals surface area contributed by atoms with Gasteiger partial charge in [0, 0.05) is 32.1 Å². The summed E-state index contributed by atoms with van der Waals surface area (Å²) in [4.78, 5) is 25.8. The lowest BCUT2D eigenvalue weighted by Gasteiger charge is -2.35. The molecule has 0 radical (unpaired) electrons. The zero-order valence-corrected chi connectivity index (χ0v) is 14.9. The maximum atomic E-state index is 12.8. The summed E-state index contributed by atoms with van der Waals surface area (Å²) in [7, 11) is 0. The van der Waals surface area contributed by atoms with Crippen LogP contribution in [0.15, 0.2) is 54.6 Å². The van der Waals surface area contributed by atoms with Gasteiger partial charge in [-0.2, -0.15) is 0 Å². The fourth-order valence-electron chi connectivity index (χ4n) is 3.91. The van der Waals surface area contributed by atoms with Crippen LogP contribution in [0.1, 0.15) is 34.3 Å². The van der Waals surface area contributed by atoms with Gasteiger partial charge >= 0.3 is 5.97 Å². The number of hydrogen-bond donors (Lipinski definition) is 1. The van der Waals surface area contributed by atoms with Crippen molar-refractivity contribution in [2.75, 3.05) is 13.1 Å². The molecule has 1 N–H and O–H groups in total. The van der Waals surface area contributed by atoms with E-state index in [4.69, 9.17) is 9.84 Å². The second-order valence-corrected chi connectivity index (χ2v) is 7.26. The third kappa shape index (κ3) is 3.78. The van der Waals surface area contributed by atoms with E-state index in [1.54, 1.807) is 18.2 Å². The fourth-order valence-corrected chi connectivity index (χ4v) is 3.91. The molecule has 1 saturated heterocycles. The van der Waals surface area contributed by atoms with Gasteiger partial charge in [-0.15, -0.1) is 0 Å². The standard InChI is InChI=1S/C22H21NO4/c24-19-13-22(10-11-23(15-22)14-17-4-2-1-3-5-17)27-20-8-6-16(12-18(19)20)7-9-21(25)26/h1-9,12H,10-11,13-15H2,(H,25,26). The minimum absolute atomic E-state index is 0.0587. The van der Waals surface area contributed by atoms with Crippen molar-refractivity contribution in [3.05, 3.63) is 71.3 Å². The molecule has 4 rings (SSSR count). The summed E-state index contributed by atoms with van der Waals surface area (Å²) in [6.45, 7) is 2.48. The minimum Gasteiger partial charge on any atom is -0.485 e. The second kappa shape index (κ2) is 7.00. The molecule has 2 aromatic carbocycles. The fraction of sp³-hybridized carbons (Fsp3) is 0.273. The molecular formula is C22H21NO4. The van der Waals surface area contributed by atoms with Crippen molar-refractivity contribution >= 4 is 17.8 Å². The van der Waals surface area contributed by atoms with Crippen molar-refractivity contribution in [1.82, 2.24) is 4.90 Å². The van der Waals surface area contributed by atoms with Gasteiger partial charge in [-0.1, -0.05) is 36.4 Å². The number of aliphatic carboxylic acids is 1. The molecule has 2 heterocycles. The lowest BCUT2D eigenvalue weighted by molar-refractivity contribution is -0.131. The Hall–Kier alpha value is -2.92. The molecule has 5 heteroatoms. The van der Waals surface area contributed by atoms with Crippen LogP contribution < -0.4 is 4.74 Å². The predicted octanol–water partition coefficient (Wildman–Crippen LogP) is 3.39. The average molecular weight is 363 g/mol. The van der Waals surface area contributed by atoms with Crippen molar-refractivity contribution in [2.45, 2.75) is 25.0 Å². The first kappa shape index (κ1) is 17.5. The monoisotopic (exact) mass is 363 g/mol. The van der Waals surface area contributed by atoms with Crippen LogP contribution >= 0.6 is 0 Å². The van der Waals surface area contributed by atoms with Gasteiger partial charge in [0.15, 0.2) is 5.78 Å². The number of ketones is 1. The third-order valence-electron chi connectivity index (χ3n) is 5.18. The lowest BCUT2D eigenvalue weighted by atomic mass is 9.88. The van der Waals surface area contributed by atoms with E-state index >= 15 is 0 Å². The molecule has 2 aliphatic heterocycles. The van der Waals surface area contributed by atoms with E-state index in [0.29, 0.717) is 23.3 Å². The first-order chi connectivity index (χ1) is 13.0. The summed E-state index contributed by atoms with van der Waals surface area (Å²) >= 11 is 0. The molecule has 1 fully saturated rings. The SMILES string of the molecule is O=C(O)C=Cc1ccc2c(c1)C(=O)CC1(CCN(Cc3ccccc3)C1)O2. The van der Waals surface area contributed by atoms with Gasteiger partial charge < -0.3 is 9.84 Å². The average Bonchev–Trinajstić information content (AvgIpc) is 3.02. The van der Waals surface area contributed by atoms with Gasteiger partial charge in [0.2, 0.25) is 0 Å². The molecular weight excluding hydrogens is 342 g/mol. The molecule has 0 saturated carbocycles. The van der Waals surface area contributed by atoms with E-state index < -0.39 is 11.6 Å². The smallest absolute Gasteiger partial charge is 0.328 e. The number of Topliss-reactive ketones (excluding diaryl/α,β-unsaturated/α-hetero) is 1. The Kier molecular flexibility index (Phi) is 4.54. The Balaban J connectivity index is 1.50. The van der Waals surface area contributed by atoms with Crippen LogP contribution in [-0.4, -0.2) is 40.4 Å². The highest BCUT2D eigenvalue weighted by atomic mass is 16.5. The number of carboxylic acid groups (broad SMARTS) is 1. The van der Waals surface area contributed by atoms with Crippen molar-refractivity contribution < 1.29 is 19.4 Å². The van der Waals surface area contributed by atoms with Gasteiger partial charge in [0.25, 0.3) is 0 Å². The predicted molar refractivity (Wildman–Crippen MR) is 102 cm³/mol. The zero-order valence-electron chi connectivity index (χ0n) is 14.9. The molecule has 0 amide bonds. The summed E-state index contributed by atoms with van der Waals surface area (Å²) in [5, 5.41) is 8.75. The number of rotatable bonds is 4.